The summed E-state index contributed by atoms with van der Waals surface area (Å²) in [5.74, 6) is 0.620. The zero-order chi connectivity index (χ0) is 16.5. The third kappa shape index (κ3) is 2.94. The average molecular weight is 340 g/mol. The Balaban J connectivity index is 1.58. The van der Waals surface area contributed by atoms with Gasteiger partial charge in [0.25, 0.3) is 5.91 Å². The molecule has 1 amide bonds. The first-order valence-corrected chi connectivity index (χ1v) is 9.27. The quantitative estimate of drug-likeness (QED) is 0.853. The van der Waals surface area contributed by atoms with Crippen molar-refractivity contribution in [2.24, 2.45) is 4.99 Å². The van der Waals surface area contributed by atoms with E-state index < -0.39 is 0 Å². The lowest BCUT2D eigenvalue weighted by Gasteiger charge is -2.25. The van der Waals surface area contributed by atoms with Crippen LogP contribution in [0.2, 0.25) is 0 Å². The molecule has 0 radical (unpaired) electrons. The zero-order valence-corrected chi connectivity index (χ0v) is 14.5. The number of hydrogen-bond acceptors (Lipinski definition) is 5. The summed E-state index contributed by atoms with van der Waals surface area (Å²) >= 11 is 1.60. The van der Waals surface area contributed by atoms with Gasteiger partial charge in [-0.05, 0) is 36.6 Å². The van der Waals surface area contributed by atoms with Crippen LogP contribution in [0.5, 0.6) is 0 Å². The maximum absolute atomic E-state index is 12.5. The van der Waals surface area contributed by atoms with E-state index in [1.807, 2.05) is 23.7 Å². The van der Waals surface area contributed by atoms with E-state index in [4.69, 9.17) is 0 Å². The summed E-state index contributed by atoms with van der Waals surface area (Å²) in [6.45, 7) is 0. The largest absolute Gasteiger partial charge is 0.353 e. The van der Waals surface area contributed by atoms with E-state index >= 15 is 0 Å². The van der Waals surface area contributed by atoms with Crippen LogP contribution in [0.3, 0.4) is 0 Å². The van der Waals surface area contributed by atoms with E-state index in [1.165, 1.54) is 19.3 Å². The smallest absolute Gasteiger partial charge is 0.279 e. The number of nitrogens with zero attached hydrogens (tertiary/aromatic N) is 3. The molecule has 5 nitrogen and oxygen atoms in total. The van der Waals surface area contributed by atoms with Crippen LogP contribution in [0.25, 0.3) is 16.3 Å². The second-order valence-electron chi connectivity index (χ2n) is 6.39. The molecule has 0 spiro atoms. The lowest BCUT2D eigenvalue weighted by atomic mass is 9.96. The Morgan fingerprint density at radius 1 is 1.29 bits per heavy atom. The standard InChI is InChI=1S/C18H20N4OS/c1-22-17(23)15(21-18(22)20-13-5-3-2-4-6-13)9-12-7-8-14-16(10-12)24-11-19-14/h7-11,13H,2-6H2,1H3,(H,20,21)/b15-9-. The number of amides is 1. The van der Waals surface area contributed by atoms with Gasteiger partial charge in [-0.25, -0.2) is 9.98 Å². The lowest BCUT2D eigenvalue weighted by molar-refractivity contribution is -0.121. The number of guanidine groups is 1. The highest BCUT2D eigenvalue weighted by Crippen LogP contribution is 2.23. The molecule has 1 N–H and O–H groups in total. The molecule has 24 heavy (non-hydrogen) atoms. The normalized spacial score (nSPS) is 20.9. The molecule has 2 aromatic rings. The minimum absolute atomic E-state index is 0.0577. The number of nitrogens with one attached hydrogen (secondary N) is 1. The van der Waals surface area contributed by atoms with Crippen LogP contribution in [-0.4, -0.2) is 34.8 Å². The Morgan fingerprint density at radius 2 is 2.12 bits per heavy atom. The third-order valence-corrected chi connectivity index (χ3v) is 5.46. The van der Waals surface area contributed by atoms with E-state index in [0.29, 0.717) is 17.7 Å². The first-order valence-electron chi connectivity index (χ1n) is 8.39. The predicted octanol–water partition coefficient (Wildman–Crippen LogP) is 3.39. The molecule has 2 heterocycles. The predicted molar refractivity (Wildman–Crippen MR) is 97.8 cm³/mol. The Hall–Kier alpha value is -2.21. The molecule has 1 fully saturated rings. The summed E-state index contributed by atoms with van der Waals surface area (Å²) in [5, 5.41) is 3.45. The van der Waals surface area contributed by atoms with Crippen molar-refractivity contribution in [3.63, 3.8) is 0 Å². The summed E-state index contributed by atoms with van der Waals surface area (Å²) in [6.07, 6.45) is 7.97. The van der Waals surface area contributed by atoms with Gasteiger partial charge in [-0.2, -0.15) is 0 Å². The number of hydrogen-bond donors (Lipinski definition) is 1. The molecule has 0 bridgehead atoms. The number of likely N-dealkylation sites (N-methyl/N-ethyl adjacent to an activating group) is 1. The van der Waals surface area contributed by atoms with Crippen LogP contribution >= 0.6 is 11.3 Å². The molecule has 0 atom stereocenters. The maximum atomic E-state index is 12.5. The third-order valence-electron chi connectivity index (χ3n) is 4.66. The van der Waals surface area contributed by atoms with Gasteiger partial charge in [-0.3, -0.25) is 9.69 Å². The molecule has 1 saturated carbocycles. The van der Waals surface area contributed by atoms with Crippen molar-refractivity contribution >= 4 is 39.5 Å². The van der Waals surface area contributed by atoms with Gasteiger partial charge in [0.05, 0.1) is 15.7 Å². The van der Waals surface area contributed by atoms with Crippen LogP contribution in [-0.2, 0) is 4.79 Å². The molecule has 124 valence electrons. The lowest BCUT2D eigenvalue weighted by Crippen LogP contribution is -2.44. The highest BCUT2D eigenvalue weighted by Gasteiger charge is 2.28. The molecule has 2 aliphatic rings. The van der Waals surface area contributed by atoms with E-state index in [-0.39, 0.29) is 5.91 Å². The summed E-state index contributed by atoms with van der Waals surface area (Å²) in [5.41, 5.74) is 4.28. The number of thiazole rings is 1. The van der Waals surface area contributed by atoms with Crippen molar-refractivity contribution < 1.29 is 4.79 Å². The Bertz CT molecular complexity index is 832. The van der Waals surface area contributed by atoms with E-state index in [1.54, 1.807) is 23.3 Å². The number of aliphatic imine (C=N–C) groups is 1. The molecule has 0 saturated heterocycles. The van der Waals surface area contributed by atoms with Gasteiger partial charge in [0.15, 0.2) is 0 Å². The SMILES string of the molecule is CN1C(=O)/C(=C/c2ccc3ncsc3c2)N=C1NC1CCCCC1. The topological polar surface area (TPSA) is 57.6 Å². The molecule has 1 aromatic heterocycles. The number of benzene rings is 1. The van der Waals surface area contributed by atoms with Crippen LogP contribution < -0.4 is 5.32 Å². The molecule has 4 rings (SSSR count). The van der Waals surface area contributed by atoms with Gasteiger partial charge in [0.2, 0.25) is 5.96 Å². The van der Waals surface area contributed by atoms with E-state index in [2.05, 4.69) is 21.4 Å². The fourth-order valence-electron chi connectivity index (χ4n) is 3.28. The van der Waals surface area contributed by atoms with Crippen LogP contribution in [0.15, 0.2) is 34.4 Å². The van der Waals surface area contributed by atoms with E-state index in [9.17, 15) is 4.79 Å². The minimum Gasteiger partial charge on any atom is -0.353 e. The second-order valence-corrected chi connectivity index (χ2v) is 7.27. The van der Waals surface area contributed by atoms with Crippen molar-refractivity contribution in [2.75, 3.05) is 7.05 Å². The van der Waals surface area contributed by atoms with Gasteiger partial charge in [0.1, 0.15) is 5.70 Å². The van der Waals surface area contributed by atoms with Crippen molar-refractivity contribution in [3.05, 3.63) is 35.0 Å². The van der Waals surface area contributed by atoms with Crippen LogP contribution in [0.4, 0.5) is 0 Å². The van der Waals surface area contributed by atoms with Crippen LogP contribution in [0, 0.1) is 0 Å². The second kappa shape index (κ2) is 6.36. The summed E-state index contributed by atoms with van der Waals surface area (Å²) in [6, 6.07) is 6.44. The summed E-state index contributed by atoms with van der Waals surface area (Å²) in [4.78, 5) is 22.9. The molecule has 0 unspecified atom stereocenters. The fourth-order valence-corrected chi connectivity index (χ4v) is 4.00. The molecular weight excluding hydrogens is 320 g/mol. The Morgan fingerprint density at radius 3 is 2.96 bits per heavy atom. The monoisotopic (exact) mass is 340 g/mol. The average Bonchev–Trinajstić information content (AvgIpc) is 3.16. The highest BCUT2D eigenvalue weighted by molar-refractivity contribution is 7.16. The maximum Gasteiger partial charge on any atom is 0.279 e. The molecule has 6 heteroatoms. The molecule has 1 aromatic carbocycles. The van der Waals surface area contributed by atoms with E-state index in [0.717, 1.165) is 28.6 Å². The van der Waals surface area contributed by atoms with Crippen LogP contribution in [0.1, 0.15) is 37.7 Å². The van der Waals surface area contributed by atoms with Gasteiger partial charge >= 0.3 is 0 Å². The van der Waals surface area contributed by atoms with Gasteiger partial charge in [-0.15, -0.1) is 11.3 Å². The Labute approximate surface area is 145 Å². The van der Waals surface area contributed by atoms with Crippen molar-refractivity contribution in [2.45, 2.75) is 38.1 Å². The molecule has 1 aliphatic heterocycles. The van der Waals surface area contributed by atoms with Gasteiger partial charge in [0, 0.05) is 13.1 Å². The zero-order valence-electron chi connectivity index (χ0n) is 13.7. The number of carbonyl (C=O) groups is 1. The Kier molecular flexibility index (Phi) is 4.06. The van der Waals surface area contributed by atoms with Gasteiger partial charge < -0.3 is 5.32 Å². The number of fused-ring (bicyclic) bond motifs is 1. The van der Waals surface area contributed by atoms with Crippen molar-refractivity contribution in [1.29, 1.82) is 0 Å². The first kappa shape index (κ1) is 15.3. The molecular formula is C18H20N4OS. The van der Waals surface area contributed by atoms with Crippen molar-refractivity contribution in [3.8, 4) is 0 Å². The minimum atomic E-state index is -0.0577. The summed E-state index contributed by atoms with van der Waals surface area (Å²) < 4.78 is 1.12. The highest BCUT2D eigenvalue weighted by atomic mass is 32.1. The fraction of sp³-hybridized carbons (Fsp3) is 0.389. The van der Waals surface area contributed by atoms with Crippen molar-refractivity contribution in [1.82, 2.24) is 15.2 Å². The number of aromatic nitrogens is 1. The first-order chi connectivity index (χ1) is 11.7. The van der Waals surface area contributed by atoms with Gasteiger partial charge in [-0.1, -0.05) is 25.3 Å². The molecule has 1 aliphatic carbocycles. The summed E-state index contributed by atoms with van der Waals surface area (Å²) in [7, 11) is 1.78. The number of carbonyl (C=O) groups excluding carboxylic acids is 1. The number of rotatable bonds is 2.